The normalized spacial score (nSPS) is 10.4. The second-order valence-electron chi connectivity index (χ2n) is 5.43. The van der Waals surface area contributed by atoms with E-state index in [0.717, 1.165) is 0 Å². The Labute approximate surface area is 160 Å². The number of esters is 1. The highest BCUT2D eigenvalue weighted by atomic mass is 35.5. The first-order valence-corrected chi connectivity index (χ1v) is 8.28. The van der Waals surface area contributed by atoms with Crippen molar-refractivity contribution in [2.45, 2.75) is 0 Å². The molecule has 7 nitrogen and oxygen atoms in total. The van der Waals surface area contributed by atoms with Gasteiger partial charge >= 0.3 is 5.97 Å². The summed E-state index contributed by atoms with van der Waals surface area (Å²) < 4.78 is 20.8. The lowest BCUT2D eigenvalue weighted by Gasteiger charge is -2.10. The molecular formula is C19H17ClN2O5. The number of ether oxygens (including phenoxy) is 3. The number of carbonyl (C=O) groups is 1. The minimum Gasteiger partial charge on any atom is -0.493 e. The van der Waals surface area contributed by atoms with Gasteiger partial charge in [-0.2, -0.15) is 0 Å². The number of nitrogens with zero attached hydrogens (tertiary/aromatic N) is 1. The van der Waals surface area contributed by atoms with Crippen LogP contribution in [0.25, 0.3) is 11.3 Å². The van der Waals surface area contributed by atoms with E-state index in [1.807, 2.05) is 0 Å². The fraction of sp³-hybridized carbons (Fsp3) is 0.158. The lowest BCUT2D eigenvalue weighted by Crippen LogP contribution is -2.05. The van der Waals surface area contributed by atoms with Crippen LogP contribution in [-0.4, -0.2) is 32.5 Å². The summed E-state index contributed by atoms with van der Waals surface area (Å²) in [5, 5.41) is 7.62. The number of nitrogens with one attached hydrogen (secondary N) is 1. The molecular weight excluding hydrogens is 372 g/mol. The van der Waals surface area contributed by atoms with Gasteiger partial charge in [0.05, 0.1) is 21.3 Å². The highest BCUT2D eigenvalue weighted by Gasteiger charge is 2.25. The van der Waals surface area contributed by atoms with Gasteiger partial charge in [0.25, 0.3) is 0 Å². The smallest absolute Gasteiger partial charge is 0.345 e. The molecule has 0 atom stereocenters. The summed E-state index contributed by atoms with van der Waals surface area (Å²) in [6, 6.07) is 12.1. The van der Waals surface area contributed by atoms with Crippen LogP contribution >= 0.6 is 11.6 Å². The van der Waals surface area contributed by atoms with Crippen LogP contribution in [0.5, 0.6) is 11.5 Å². The number of hydrogen-bond donors (Lipinski definition) is 1. The highest BCUT2D eigenvalue weighted by Crippen LogP contribution is 2.35. The maximum atomic E-state index is 12.3. The van der Waals surface area contributed by atoms with Gasteiger partial charge in [0.1, 0.15) is 5.69 Å². The van der Waals surface area contributed by atoms with Crippen LogP contribution < -0.4 is 14.8 Å². The molecule has 0 bridgehead atoms. The summed E-state index contributed by atoms with van der Waals surface area (Å²) in [4.78, 5) is 12.3. The molecule has 1 N–H and O–H groups in total. The van der Waals surface area contributed by atoms with Crippen molar-refractivity contribution in [2.24, 2.45) is 0 Å². The molecule has 0 saturated carbocycles. The monoisotopic (exact) mass is 388 g/mol. The first kappa shape index (κ1) is 18.6. The lowest BCUT2D eigenvalue weighted by molar-refractivity contribution is 0.0602. The van der Waals surface area contributed by atoms with E-state index < -0.39 is 5.97 Å². The zero-order chi connectivity index (χ0) is 19.4. The second kappa shape index (κ2) is 8.01. The standard InChI is InChI=1S/C19H17ClN2O5/c1-24-14-9-8-13(10-15(14)25-2)21-18-16(19(23)26-3)17(22-27-18)11-4-6-12(20)7-5-11/h4-10,21H,1-3H3. The molecule has 0 aliphatic rings. The molecule has 0 unspecified atom stereocenters. The number of anilines is 2. The van der Waals surface area contributed by atoms with E-state index in [2.05, 4.69) is 10.5 Å². The number of carbonyl (C=O) groups excluding carboxylic acids is 1. The van der Waals surface area contributed by atoms with E-state index in [0.29, 0.717) is 33.5 Å². The average Bonchev–Trinajstić information content (AvgIpc) is 3.11. The Morgan fingerprint density at radius 2 is 1.74 bits per heavy atom. The third kappa shape index (κ3) is 3.83. The molecule has 8 heteroatoms. The van der Waals surface area contributed by atoms with Gasteiger partial charge in [-0.3, -0.25) is 0 Å². The topological polar surface area (TPSA) is 82.8 Å². The van der Waals surface area contributed by atoms with Crippen molar-refractivity contribution in [3.8, 4) is 22.8 Å². The van der Waals surface area contributed by atoms with Crippen molar-refractivity contribution in [1.82, 2.24) is 5.16 Å². The Bertz CT molecular complexity index is 953. The van der Waals surface area contributed by atoms with Gasteiger partial charge in [0, 0.05) is 22.3 Å². The van der Waals surface area contributed by atoms with E-state index in [9.17, 15) is 4.79 Å². The van der Waals surface area contributed by atoms with Gasteiger partial charge in [-0.1, -0.05) is 28.9 Å². The van der Waals surface area contributed by atoms with Crippen molar-refractivity contribution in [2.75, 3.05) is 26.6 Å². The van der Waals surface area contributed by atoms with Gasteiger partial charge in [-0.25, -0.2) is 4.79 Å². The van der Waals surface area contributed by atoms with Crippen LogP contribution in [0.1, 0.15) is 10.4 Å². The summed E-state index contributed by atoms with van der Waals surface area (Å²) >= 11 is 5.92. The van der Waals surface area contributed by atoms with Crippen molar-refractivity contribution in [3.05, 3.63) is 53.1 Å². The summed E-state index contributed by atoms with van der Waals surface area (Å²) in [5.74, 6) is 0.679. The Hall–Kier alpha value is -3.19. The van der Waals surface area contributed by atoms with Gasteiger partial charge in [-0.05, 0) is 24.3 Å². The van der Waals surface area contributed by atoms with Gasteiger partial charge in [0.15, 0.2) is 17.1 Å². The zero-order valence-corrected chi connectivity index (χ0v) is 15.7. The van der Waals surface area contributed by atoms with Crippen molar-refractivity contribution < 1.29 is 23.5 Å². The third-order valence-corrected chi connectivity index (χ3v) is 4.09. The minimum atomic E-state index is -0.579. The van der Waals surface area contributed by atoms with Crippen molar-refractivity contribution in [3.63, 3.8) is 0 Å². The number of benzene rings is 2. The van der Waals surface area contributed by atoms with E-state index in [1.54, 1.807) is 49.6 Å². The van der Waals surface area contributed by atoms with E-state index in [-0.39, 0.29) is 11.4 Å². The second-order valence-corrected chi connectivity index (χ2v) is 5.86. The van der Waals surface area contributed by atoms with E-state index >= 15 is 0 Å². The molecule has 0 aliphatic heterocycles. The van der Waals surface area contributed by atoms with Crippen LogP contribution in [0.4, 0.5) is 11.6 Å². The van der Waals surface area contributed by atoms with Crippen LogP contribution in [0, 0.1) is 0 Å². The molecule has 0 aliphatic carbocycles. The molecule has 3 aromatic rings. The number of methoxy groups -OCH3 is 3. The Morgan fingerprint density at radius 3 is 2.37 bits per heavy atom. The number of aromatic nitrogens is 1. The average molecular weight is 389 g/mol. The van der Waals surface area contributed by atoms with Crippen LogP contribution in [0.3, 0.4) is 0 Å². The molecule has 0 fully saturated rings. The van der Waals surface area contributed by atoms with Crippen molar-refractivity contribution in [1.29, 1.82) is 0 Å². The molecule has 0 spiro atoms. The van der Waals surface area contributed by atoms with Crippen LogP contribution in [-0.2, 0) is 4.74 Å². The number of rotatable bonds is 6. The summed E-state index contributed by atoms with van der Waals surface area (Å²) in [7, 11) is 4.38. The van der Waals surface area contributed by atoms with Crippen LogP contribution in [0.15, 0.2) is 47.0 Å². The van der Waals surface area contributed by atoms with E-state index in [4.69, 9.17) is 30.3 Å². The predicted molar refractivity (Wildman–Crippen MR) is 101 cm³/mol. The van der Waals surface area contributed by atoms with Crippen LogP contribution in [0.2, 0.25) is 5.02 Å². The zero-order valence-electron chi connectivity index (χ0n) is 14.9. The molecule has 3 rings (SSSR count). The molecule has 27 heavy (non-hydrogen) atoms. The molecule has 0 saturated heterocycles. The molecule has 0 amide bonds. The van der Waals surface area contributed by atoms with Gasteiger partial charge in [0.2, 0.25) is 5.88 Å². The quantitative estimate of drug-likeness (QED) is 0.620. The maximum absolute atomic E-state index is 12.3. The fourth-order valence-corrected chi connectivity index (χ4v) is 2.64. The molecule has 2 aromatic carbocycles. The minimum absolute atomic E-state index is 0.152. The Kier molecular flexibility index (Phi) is 5.52. The first-order valence-electron chi connectivity index (χ1n) is 7.90. The maximum Gasteiger partial charge on any atom is 0.345 e. The summed E-state index contributed by atoms with van der Waals surface area (Å²) in [6.45, 7) is 0. The molecule has 1 aromatic heterocycles. The Balaban J connectivity index is 2.01. The lowest BCUT2D eigenvalue weighted by atomic mass is 10.1. The number of halogens is 1. The fourth-order valence-electron chi connectivity index (χ4n) is 2.52. The van der Waals surface area contributed by atoms with Crippen molar-refractivity contribution >= 4 is 29.1 Å². The summed E-state index contributed by atoms with van der Waals surface area (Å²) in [6.07, 6.45) is 0. The molecule has 1 heterocycles. The SMILES string of the molecule is COC(=O)c1c(-c2ccc(Cl)cc2)noc1Nc1ccc(OC)c(OC)c1. The molecule has 0 radical (unpaired) electrons. The largest absolute Gasteiger partial charge is 0.493 e. The first-order chi connectivity index (χ1) is 13.1. The third-order valence-electron chi connectivity index (χ3n) is 3.84. The van der Waals surface area contributed by atoms with E-state index in [1.165, 1.54) is 14.2 Å². The highest BCUT2D eigenvalue weighted by molar-refractivity contribution is 6.30. The molecule has 140 valence electrons. The number of hydrogen-bond acceptors (Lipinski definition) is 7. The van der Waals surface area contributed by atoms with Gasteiger partial charge < -0.3 is 24.1 Å². The predicted octanol–water partition coefficient (Wildman–Crippen LogP) is 4.54. The summed E-state index contributed by atoms with van der Waals surface area (Å²) in [5.41, 5.74) is 1.82. The Morgan fingerprint density at radius 1 is 1.04 bits per heavy atom. The van der Waals surface area contributed by atoms with Gasteiger partial charge in [-0.15, -0.1) is 0 Å².